The van der Waals surface area contributed by atoms with E-state index in [1.165, 1.54) is 0 Å². The van der Waals surface area contributed by atoms with Crippen molar-refractivity contribution in [2.75, 3.05) is 12.3 Å². The summed E-state index contributed by atoms with van der Waals surface area (Å²) < 4.78 is 0. The van der Waals surface area contributed by atoms with E-state index in [1.807, 2.05) is 50.2 Å². The van der Waals surface area contributed by atoms with E-state index in [2.05, 4.69) is 5.32 Å². The van der Waals surface area contributed by atoms with Crippen molar-refractivity contribution >= 4 is 40.9 Å². The fraction of sp³-hybridized carbons (Fsp3) is 0.278. The maximum absolute atomic E-state index is 12.1. The summed E-state index contributed by atoms with van der Waals surface area (Å²) in [5.74, 6) is 1.67. The van der Waals surface area contributed by atoms with Crippen LogP contribution in [0.3, 0.4) is 0 Å². The van der Waals surface area contributed by atoms with Crippen molar-refractivity contribution < 1.29 is 4.79 Å². The van der Waals surface area contributed by atoms with Crippen LogP contribution in [0.4, 0.5) is 0 Å². The van der Waals surface area contributed by atoms with E-state index in [0.717, 1.165) is 33.8 Å². The molecule has 0 aromatic heterocycles. The van der Waals surface area contributed by atoms with Crippen LogP contribution in [0.25, 0.3) is 0 Å². The van der Waals surface area contributed by atoms with Crippen molar-refractivity contribution in [2.24, 2.45) is 0 Å². The number of hydrogen-bond acceptors (Lipinski definition) is 2. The van der Waals surface area contributed by atoms with E-state index in [1.54, 1.807) is 11.8 Å². The third-order valence-corrected chi connectivity index (χ3v) is 5.18. The maximum Gasteiger partial charge on any atom is 0.251 e. The Morgan fingerprint density at radius 1 is 1.09 bits per heavy atom. The van der Waals surface area contributed by atoms with Gasteiger partial charge < -0.3 is 5.32 Å². The Balaban J connectivity index is 1.74. The fourth-order valence-corrected chi connectivity index (χ4v) is 3.35. The molecule has 1 N–H and O–H groups in total. The summed E-state index contributed by atoms with van der Waals surface area (Å²) >= 11 is 13.6. The average Bonchev–Trinajstić information content (AvgIpc) is 2.50. The highest BCUT2D eigenvalue weighted by molar-refractivity contribution is 7.98. The molecule has 0 bridgehead atoms. The summed E-state index contributed by atoms with van der Waals surface area (Å²) in [7, 11) is 0. The number of aryl methyl sites for hydroxylation is 2. The lowest BCUT2D eigenvalue weighted by Gasteiger charge is -2.08. The normalized spacial score (nSPS) is 10.6. The minimum Gasteiger partial charge on any atom is -0.351 e. The van der Waals surface area contributed by atoms with Crippen LogP contribution in [0, 0.1) is 13.8 Å². The molecular formula is C18H19Cl2NOS. The number of hydrogen-bond donors (Lipinski definition) is 1. The highest BCUT2D eigenvalue weighted by Crippen LogP contribution is 2.24. The highest BCUT2D eigenvalue weighted by atomic mass is 35.5. The number of nitrogens with one attached hydrogen (secondary N) is 1. The molecule has 2 rings (SSSR count). The van der Waals surface area contributed by atoms with Crippen LogP contribution < -0.4 is 5.32 Å². The van der Waals surface area contributed by atoms with Crippen molar-refractivity contribution in [1.82, 2.24) is 5.32 Å². The van der Waals surface area contributed by atoms with Crippen LogP contribution in [-0.2, 0) is 5.75 Å². The molecule has 0 heterocycles. The molecule has 0 unspecified atom stereocenters. The third kappa shape index (κ3) is 5.45. The molecular weight excluding hydrogens is 349 g/mol. The van der Waals surface area contributed by atoms with Crippen LogP contribution >= 0.6 is 35.0 Å². The molecule has 0 aliphatic carbocycles. The number of benzene rings is 2. The molecule has 0 spiro atoms. The number of carbonyl (C=O) groups excluding carboxylic acids is 1. The number of halogens is 2. The SMILES string of the molecule is Cc1ccc(C(=O)NCCSCc2ccc(Cl)c(Cl)c2)c(C)c1. The van der Waals surface area contributed by atoms with Gasteiger partial charge in [0.05, 0.1) is 10.0 Å². The first-order valence-corrected chi connectivity index (χ1v) is 9.25. The molecule has 0 aliphatic heterocycles. The number of amides is 1. The van der Waals surface area contributed by atoms with Gasteiger partial charge in [-0.25, -0.2) is 0 Å². The molecule has 0 aliphatic rings. The van der Waals surface area contributed by atoms with Crippen molar-refractivity contribution in [2.45, 2.75) is 19.6 Å². The lowest BCUT2D eigenvalue weighted by Crippen LogP contribution is -2.26. The zero-order valence-corrected chi connectivity index (χ0v) is 15.5. The van der Waals surface area contributed by atoms with Gasteiger partial charge in [0, 0.05) is 23.6 Å². The van der Waals surface area contributed by atoms with Gasteiger partial charge >= 0.3 is 0 Å². The molecule has 0 radical (unpaired) electrons. The Morgan fingerprint density at radius 3 is 2.57 bits per heavy atom. The molecule has 5 heteroatoms. The summed E-state index contributed by atoms with van der Waals surface area (Å²) in [6.07, 6.45) is 0. The second-order valence-electron chi connectivity index (χ2n) is 5.38. The number of carbonyl (C=O) groups is 1. The van der Waals surface area contributed by atoms with E-state index < -0.39 is 0 Å². The summed E-state index contributed by atoms with van der Waals surface area (Å²) in [6, 6.07) is 11.5. The smallest absolute Gasteiger partial charge is 0.251 e. The molecule has 2 nitrogen and oxygen atoms in total. The number of thioether (sulfide) groups is 1. The first kappa shape index (κ1) is 18.2. The van der Waals surface area contributed by atoms with E-state index in [4.69, 9.17) is 23.2 Å². The zero-order chi connectivity index (χ0) is 16.8. The van der Waals surface area contributed by atoms with Crippen molar-refractivity contribution in [3.63, 3.8) is 0 Å². The first-order valence-electron chi connectivity index (χ1n) is 7.34. The predicted molar refractivity (Wildman–Crippen MR) is 101 cm³/mol. The van der Waals surface area contributed by atoms with Gasteiger partial charge in [0.15, 0.2) is 0 Å². The topological polar surface area (TPSA) is 29.1 Å². The highest BCUT2D eigenvalue weighted by Gasteiger charge is 2.08. The van der Waals surface area contributed by atoms with E-state index in [9.17, 15) is 4.79 Å². The van der Waals surface area contributed by atoms with Crippen LogP contribution in [0.2, 0.25) is 10.0 Å². The van der Waals surface area contributed by atoms with Gasteiger partial charge in [0.1, 0.15) is 0 Å². The van der Waals surface area contributed by atoms with Gasteiger partial charge in [-0.05, 0) is 43.2 Å². The number of rotatable bonds is 6. The summed E-state index contributed by atoms with van der Waals surface area (Å²) in [5.41, 5.74) is 4.04. The van der Waals surface area contributed by atoms with E-state index >= 15 is 0 Å². The standard InChI is InChI=1S/C18H19Cl2NOS/c1-12-3-5-15(13(2)9-12)18(22)21-7-8-23-11-14-4-6-16(19)17(20)10-14/h3-6,9-10H,7-8,11H2,1-2H3,(H,21,22). The first-order chi connectivity index (χ1) is 11.0. The Bertz CT molecular complexity index is 703. The maximum atomic E-state index is 12.1. The average molecular weight is 368 g/mol. The monoisotopic (exact) mass is 367 g/mol. The molecule has 0 fully saturated rings. The zero-order valence-electron chi connectivity index (χ0n) is 13.2. The van der Waals surface area contributed by atoms with Gasteiger partial charge in [0.2, 0.25) is 0 Å². The lowest BCUT2D eigenvalue weighted by atomic mass is 10.1. The molecule has 0 saturated heterocycles. The molecule has 1 amide bonds. The van der Waals surface area contributed by atoms with Crippen LogP contribution in [0.5, 0.6) is 0 Å². The Labute approximate surface area is 151 Å². The van der Waals surface area contributed by atoms with Crippen molar-refractivity contribution in [1.29, 1.82) is 0 Å². The molecule has 2 aromatic rings. The van der Waals surface area contributed by atoms with Crippen molar-refractivity contribution in [3.05, 3.63) is 68.7 Å². The lowest BCUT2D eigenvalue weighted by molar-refractivity contribution is 0.0955. The Kier molecular flexibility index (Phi) is 6.82. The Hall–Kier alpha value is -1.16. The molecule has 0 saturated carbocycles. The van der Waals surface area contributed by atoms with Gasteiger partial charge in [-0.1, -0.05) is 47.0 Å². The van der Waals surface area contributed by atoms with Crippen LogP contribution in [0.15, 0.2) is 36.4 Å². The van der Waals surface area contributed by atoms with Gasteiger partial charge in [0.25, 0.3) is 5.91 Å². The van der Waals surface area contributed by atoms with E-state index in [0.29, 0.717) is 16.6 Å². The molecule has 0 atom stereocenters. The summed E-state index contributed by atoms with van der Waals surface area (Å²) in [6.45, 7) is 4.62. The van der Waals surface area contributed by atoms with Gasteiger partial charge in [-0.15, -0.1) is 0 Å². The summed E-state index contributed by atoms with van der Waals surface area (Å²) in [4.78, 5) is 12.1. The Morgan fingerprint density at radius 2 is 1.87 bits per heavy atom. The molecule has 122 valence electrons. The largest absolute Gasteiger partial charge is 0.351 e. The van der Waals surface area contributed by atoms with E-state index in [-0.39, 0.29) is 5.91 Å². The third-order valence-electron chi connectivity index (χ3n) is 3.41. The second-order valence-corrected chi connectivity index (χ2v) is 7.29. The van der Waals surface area contributed by atoms with Crippen molar-refractivity contribution in [3.8, 4) is 0 Å². The second kappa shape index (κ2) is 8.62. The minimum absolute atomic E-state index is 0.0161. The minimum atomic E-state index is -0.0161. The summed E-state index contributed by atoms with van der Waals surface area (Å²) in [5, 5.41) is 4.11. The molecule has 2 aromatic carbocycles. The van der Waals surface area contributed by atoms with Crippen LogP contribution in [0.1, 0.15) is 27.0 Å². The molecule has 23 heavy (non-hydrogen) atoms. The van der Waals surface area contributed by atoms with Gasteiger partial charge in [-0.3, -0.25) is 4.79 Å². The predicted octanol–water partition coefficient (Wildman–Crippen LogP) is 5.27. The van der Waals surface area contributed by atoms with Crippen LogP contribution in [-0.4, -0.2) is 18.2 Å². The fourth-order valence-electron chi connectivity index (χ4n) is 2.22. The van der Waals surface area contributed by atoms with Gasteiger partial charge in [-0.2, -0.15) is 11.8 Å². The quantitative estimate of drug-likeness (QED) is 0.704.